The molecule has 1 aliphatic rings. The standard InChI is InChI=1S/C9H17ClO/c1-2-3-6-9(10)7-4-5-8-11-9/h2-8H2,1H3. The summed E-state index contributed by atoms with van der Waals surface area (Å²) in [4.78, 5) is 0. The Labute approximate surface area is 74.1 Å². The molecule has 1 aliphatic heterocycles. The summed E-state index contributed by atoms with van der Waals surface area (Å²) >= 11 is 6.23. The van der Waals surface area contributed by atoms with E-state index in [2.05, 4.69) is 6.92 Å². The summed E-state index contributed by atoms with van der Waals surface area (Å²) in [6.07, 6.45) is 6.86. The lowest BCUT2D eigenvalue weighted by Crippen LogP contribution is -2.29. The second-order valence-corrected chi connectivity index (χ2v) is 3.98. The molecule has 0 aromatic rings. The number of hydrogen-bond donors (Lipinski definition) is 0. The quantitative estimate of drug-likeness (QED) is 0.600. The SMILES string of the molecule is CCCCC1(Cl)CCCCO1. The molecule has 1 heterocycles. The second-order valence-electron chi connectivity index (χ2n) is 3.29. The summed E-state index contributed by atoms with van der Waals surface area (Å²) in [5, 5.41) is -0.297. The van der Waals surface area contributed by atoms with Crippen molar-refractivity contribution in [3.8, 4) is 0 Å². The lowest BCUT2D eigenvalue weighted by Gasteiger charge is -2.31. The summed E-state index contributed by atoms with van der Waals surface area (Å²) in [5.41, 5.74) is 0. The number of alkyl halides is 1. The molecule has 66 valence electrons. The van der Waals surface area contributed by atoms with Crippen LogP contribution in [0.5, 0.6) is 0 Å². The topological polar surface area (TPSA) is 9.23 Å². The second kappa shape index (κ2) is 4.32. The molecule has 0 aromatic carbocycles. The van der Waals surface area contributed by atoms with Crippen LogP contribution in [0.4, 0.5) is 0 Å². The van der Waals surface area contributed by atoms with Crippen molar-refractivity contribution in [3.63, 3.8) is 0 Å². The fourth-order valence-corrected chi connectivity index (χ4v) is 1.80. The summed E-state index contributed by atoms with van der Waals surface area (Å²) in [7, 11) is 0. The molecule has 2 heteroatoms. The maximum Gasteiger partial charge on any atom is 0.141 e. The highest BCUT2D eigenvalue weighted by molar-refractivity contribution is 6.22. The van der Waals surface area contributed by atoms with E-state index in [1.165, 1.54) is 25.7 Å². The van der Waals surface area contributed by atoms with Gasteiger partial charge in [-0.1, -0.05) is 24.9 Å². The first-order valence-corrected chi connectivity index (χ1v) is 4.97. The smallest absolute Gasteiger partial charge is 0.141 e. The highest BCUT2D eigenvalue weighted by Crippen LogP contribution is 2.33. The van der Waals surface area contributed by atoms with Crippen molar-refractivity contribution in [2.24, 2.45) is 0 Å². The van der Waals surface area contributed by atoms with Crippen molar-refractivity contribution < 1.29 is 4.74 Å². The Morgan fingerprint density at radius 2 is 2.27 bits per heavy atom. The molecular weight excluding hydrogens is 160 g/mol. The Balaban J connectivity index is 2.25. The van der Waals surface area contributed by atoms with Crippen molar-refractivity contribution in [2.45, 2.75) is 50.5 Å². The van der Waals surface area contributed by atoms with Gasteiger partial charge in [0.1, 0.15) is 5.06 Å². The zero-order valence-corrected chi connectivity index (χ0v) is 7.99. The summed E-state index contributed by atoms with van der Waals surface area (Å²) < 4.78 is 5.53. The molecule has 0 amide bonds. The number of unbranched alkanes of at least 4 members (excludes halogenated alkanes) is 1. The predicted octanol–water partition coefficient (Wildman–Crippen LogP) is 3.31. The van der Waals surface area contributed by atoms with Gasteiger partial charge in [-0.15, -0.1) is 0 Å². The summed E-state index contributed by atoms with van der Waals surface area (Å²) in [6, 6.07) is 0. The van der Waals surface area contributed by atoms with Crippen molar-refractivity contribution in [1.82, 2.24) is 0 Å². The Bertz CT molecular complexity index is 108. The zero-order chi connectivity index (χ0) is 8.16. The van der Waals surface area contributed by atoms with Crippen molar-refractivity contribution in [1.29, 1.82) is 0 Å². The lowest BCUT2D eigenvalue weighted by molar-refractivity contribution is -0.0231. The van der Waals surface area contributed by atoms with Gasteiger partial charge in [0.15, 0.2) is 0 Å². The van der Waals surface area contributed by atoms with Crippen LogP contribution in [0.2, 0.25) is 0 Å². The van der Waals surface area contributed by atoms with E-state index in [0.29, 0.717) is 0 Å². The molecule has 0 aliphatic carbocycles. The minimum Gasteiger partial charge on any atom is -0.360 e. The van der Waals surface area contributed by atoms with E-state index in [-0.39, 0.29) is 5.06 Å². The highest BCUT2D eigenvalue weighted by Gasteiger charge is 2.29. The third-order valence-corrected chi connectivity index (χ3v) is 2.70. The third-order valence-electron chi connectivity index (χ3n) is 2.21. The largest absolute Gasteiger partial charge is 0.360 e. The van der Waals surface area contributed by atoms with E-state index in [9.17, 15) is 0 Å². The first kappa shape index (κ1) is 9.34. The van der Waals surface area contributed by atoms with Crippen LogP contribution in [0, 0.1) is 0 Å². The van der Waals surface area contributed by atoms with Gasteiger partial charge in [-0.3, -0.25) is 0 Å². The van der Waals surface area contributed by atoms with Crippen LogP contribution in [-0.2, 0) is 4.74 Å². The molecule has 0 N–H and O–H groups in total. The fraction of sp³-hybridized carbons (Fsp3) is 1.00. The van der Waals surface area contributed by atoms with Crippen LogP contribution in [0.1, 0.15) is 45.4 Å². The maximum absolute atomic E-state index is 6.23. The third kappa shape index (κ3) is 3.00. The number of ether oxygens (including phenoxy) is 1. The van der Waals surface area contributed by atoms with Crippen LogP contribution in [-0.4, -0.2) is 11.7 Å². The van der Waals surface area contributed by atoms with Crippen molar-refractivity contribution in [3.05, 3.63) is 0 Å². The fourth-order valence-electron chi connectivity index (χ4n) is 1.46. The Morgan fingerprint density at radius 1 is 1.45 bits per heavy atom. The van der Waals surface area contributed by atoms with Gasteiger partial charge >= 0.3 is 0 Å². The van der Waals surface area contributed by atoms with Gasteiger partial charge in [0.05, 0.1) is 0 Å². The molecule has 0 radical (unpaired) electrons. The normalized spacial score (nSPS) is 32.2. The monoisotopic (exact) mass is 176 g/mol. The molecule has 0 spiro atoms. The predicted molar refractivity (Wildman–Crippen MR) is 47.9 cm³/mol. The van der Waals surface area contributed by atoms with Gasteiger partial charge in [-0.25, -0.2) is 0 Å². The Hall–Kier alpha value is 0.250. The maximum atomic E-state index is 6.23. The molecule has 11 heavy (non-hydrogen) atoms. The first-order chi connectivity index (χ1) is 5.27. The van der Waals surface area contributed by atoms with Crippen molar-refractivity contribution in [2.75, 3.05) is 6.61 Å². The van der Waals surface area contributed by atoms with E-state index in [1.54, 1.807) is 0 Å². The minimum atomic E-state index is -0.297. The molecule has 1 atom stereocenters. The molecular formula is C9H17ClO. The van der Waals surface area contributed by atoms with Gasteiger partial charge in [0, 0.05) is 6.61 Å². The van der Waals surface area contributed by atoms with Crippen LogP contribution in [0.25, 0.3) is 0 Å². The molecule has 1 saturated heterocycles. The zero-order valence-electron chi connectivity index (χ0n) is 7.24. The Kier molecular flexibility index (Phi) is 3.67. The summed E-state index contributed by atoms with van der Waals surface area (Å²) in [5.74, 6) is 0. The number of hydrogen-bond acceptors (Lipinski definition) is 1. The van der Waals surface area contributed by atoms with E-state index < -0.39 is 0 Å². The van der Waals surface area contributed by atoms with E-state index >= 15 is 0 Å². The van der Waals surface area contributed by atoms with Crippen LogP contribution < -0.4 is 0 Å². The van der Waals surface area contributed by atoms with Gasteiger partial charge in [0.2, 0.25) is 0 Å². The average Bonchev–Trinajstić information content (AvgIpc) is 2.03. The van der Waals surface area contributed by atoms with Crippen LogP contribution in [0.15, 0.2) is 0 Å². The summed E-state index contributed by atoms with van der Waals surface area (Å²) in [6.45, 7) is 3.04. The molecule has 1 nitrogen and oxygen atoms in total. The van der Waals surface area contributed by atoms with Gasteiger partial charge in [0.25, 0.3) is 0 Å². The minimum absolute atomic E-state index is 0.297. The van der Waals surface area contributed by atoms with Gasteiger partial charge in [-0.05, 0) is 32.1 Å². The molecule has 1 fully saturated rings. The first-order valence-electron chi connectivity index (χ1n) is 4.60. The lowest BCUT2D eigenvalue weighted by atomic mass is 10.0. The highest BCUT2D eigenvalue weighted by atomic mass is 35.5. The molecule has 1 rings (SSSR count). The Morgan fingerprint density at radius 3 is 2.82 bits per heavy atom. The number of halogens is 1. The van der Waals surface area contributed by atoms with E-state index in [0.717, 1.165) is 19.4 Å². The molecule has 1 unspecified atom stereocenters. The van der Waals surface area contributed by atoms with Crippen molar-refractivity contribution >= 4 is 11.6 Å². The van der Waals surface area contributed by atoms with Crippen LogP contribution in [0.3, 0.4) is 0 Å². The average molecular weight is 177 g/mol. The molecule has 0 saturated carbocycles. The molecule has 0 aromatic heterocycles. The van der Waals surface area contributed by atoms with Crippen LogP contribution >= 0.6 is 11.6 Å². The van der Waals surface area contributed by atoms with E-state index in [1.807, 2.05) is 0 Å². The van der Waals surface area contributed by atoms with Gasteiger partial charge in [-0.2, -0.15) is 0 Å². The number of rotatable bonds is 3. The molecule has 0 bridgehead atoms. The van der Waals surface area contributed by atoms with E-state index in [4.69, 9.17) is 16.3 Å². The van der Waals surface area contributed by atoms with Gasteiger partial charge < -0.3 is 4.74 Å².